The number of benzene rings is 2. The van der Waals surface area contributed by atoms with E-state index in [1.165, 1.54) is 10.6 Å². The summed E-state index contributed by atoms with van der Waals surface area (Å²) >= 11 is 0. The molecule has 0 amide bonds. The van der Waals surface area contributed by atoms with Gasteiger partial charge in [0.05, 0.1) is 22.8 Å². The van der Waals surface area contributed by atoms with Gasteiger partial charge < -0.3 is 14.3 Å². The van der Waals surface area contributed by atoms with Crippen LogP contribution in [0.5, 0.6) is 5.75 Å². The van der Waals surface area contributed by atoms with Crippen LogP contribution in [-0.4, -0.2) is 37.1 Å². The third kappa shape index (κ3) is 4.27. The SMILES string of the molecule is Cc1cccc(S(=O)(=O)N2C[C@H](CCC(=O)O)Oc3ccc(-c4nc(C)co4)cc32)c1. The molecule has 0 radical (unpaired) electrons. The first-order valence-electron chi connectivity index (χ1n) is 9.78. The van der Waals surface area contributed by atoms with E-state index in [4.69, 9.17) is 14.3 Å². The van der Waals surface area contributed by atoms with E-state index in [-0.39, 0.29) is 24.3 Å². The molecule has 1 atom stereocenters. The van der Waals surface area contributed by atoms with Crippen molar-refractivity contribution >= 4 is 21.7 Å². The maximum atomic E-state index is 13.6. The van der Waals surface area contributed by atoms with Gasteiger partial charge in [-0.25, -0.2) is 13.4 Å². The Kier molecular flexibility index (Phi) is 5.45. The van der Waals surface area contributed by atoms with Gasteiger partial charge in [-0.1, -0.05) is 12.1 Å². The van der Waals surface area contributed by atoms with Gasteiger partial charge in [-0.3, -0.25) is 9.10 Å². The number of carbonyl (C=O) groups is 1. The van der Waals surface area contributed by atoms with Crippen LogP contribution in [0.4, 0.5) is 5.69 Å². The largest absolute Gasteiger partial charge is 0.486 e. The van der Waals surface area contributed by atoms with Gasteiger partial charge in [-0.2, -0.15) is 0 Å². The number of aromatic nitrogens is 1. The highest BCUT2D eigenvalue weighted by atomic mass is 32.2. The van der Waals surface area contributed by atoms with Crippen LogP contribution < -0.4 is 9.04 Å². The van der Waals surface area contributed by atoms with E-state index in [1.54, 1.807) is 43.3 Å². The van der Waals surface area contributed by atoms with E-state index in [0.29, 0.717) is 28.6 Å². The maximum absolute atomic E-state index is 13.6. The summed E-state index contributed by atoms with van der Waals surface area (Å²) in [5.41, 5.74) is 2.51. The molecule has 2 heterocycles. The summed E-state index contributed by atoms with van der Waals surface area (Å²) in [6.07, 6.45) is 1.01. The molecule has 0 saturated carbocycles. The fourth-order valence-corrected chi connectivity index (χ4v) is 5.10. The van der Waals surface area contributed by atoms with Crippen molar-refractivity contribution in [1.82, 2.24) is 4.98 Å². The van der Waals surface area contributed by atoms with E-state index in [1.807, 2.05) is 13.0 Å². The second-order valence-corrected chi connectivity index (χ2v) is 9.36. The standard InChI is InChI=1S/C22H22N2O6S/c1-14-4-3-5-18(10-14)31(27,28)24-12-17(7-9-21(25)26)30-20-8-6-16(11-19(20)24)22-23-15(2)13-29-22/h3-6,8,10-11,13,17H,7,9,12H2,1-2H3,(H,25,26)/t17-/m0/s1. The van der Waals surface area contributed by atoms with Crippen molar-refractivity contribution in [3.8, 4) is 17.2 Å². The summed E-state index contributed by atoms with van der Waals surface area (Å²) in [4.78, 5) is 15.5. The molecule has 0 bridgehead atoms. The minimum absolute atomic E-state index is 0.00458. The number of rotatable bonds is 6. The second kappa shape index (κ2) is 8.07. The first-order valence-corrected chi connectivity index (χ1v) is 11.2. The van der Waals surface area contributed by atoms with Gasteiger partial charge in [0.25, 0.3) is 10.0 Å². The zero-order chi connectivity index (χ0) is 22.2. The number of nitrogens with zero attached hydrogens (tertiary/aromatic N) is 2. The quantitative estimate of drug-likeness (QED) is 0.618. The van der Waals surface area contributed by atoms with Crippen LogP contribution >= 0.6 is 0 Å². The van der Waals surface area contributed by atoms with Crippen LogP contribution in [0.2, 0.25) is 0 Å². The van der Waals surface area contributed by atoms with Crippen LogP contribution in [0, 0.1) is 13.8 Å². The lowest BCUT2D eigenvalue weighted by Crippen LogP contribution is -2.43. The van der Waals surface area contributed by atoms with E-state index in [2.05, 4.69) is 4.98 Å². The molecular formula is C22H22N2O6S. The number of aliphatic carboxylic acids is 1. The molecule has 1 aliphatic heterocycles. The zero-order valence-electron chi connectivity index (χ0n) is 17.1. The Labute approximate surface area is 180 Å². The Balaban J connectivity index is 1.79. The van der Waals surface area contributed by atoms with Crippen molar-refractivity contribution in [3.63, 3.8) is 0 Å². The van der Waals surface area contributed by atoms with Gasteiger partial charge in [0, 0.05) is 12.0 Å². The molecule has 1 N–H and O–H groups in total. The molecule has 2 aromatic carbocycles. The summed E-state index contributed by atoms with van der Waals surface area (Å²) in [5.74, 6) is -0.219. The van der Waals surface area contributed by atoms with Crippen molar-refractivity contribution in [2.75, 3.05) is 10.8 Å². The van der Waals surface area contributed by atoms with Gasteiger partial charge in [-0.05, 0) is 56.2 Å². The Hall–Kier alpha value is -3.33. The van der Waals surface area contributed by atoms with Crippen LogP contribution in [0.1, 0.15) is 24.1 Å². The number of carboxylic acid groups (broad SMARTS) is 1. The van der Waals surface area contributed by atoms with E-state index in [9.17, 15) is 13.2 Å². The molecule has 0 saturated heterocycles. The minimum atomic E-state index is -3.91. The average molecular weight is 442 g/mol. The highest BCUT2D eigenvalue weighted by molar-refractivity contribution is 7.92. The Morgan fingerprint density at radius 3 is 2.71 bits per heavy atom. The molecule has 8 nitrogen and oxygen atoms in total. The third-order valence-corrected chi connectivity index (χ3v) is 6.79. The highest BCUT2D eigenvalue weighted by Gasteiger charge is 2.35. The molecule has 31 heavy (non-hydrogen) atoms. The molecular weight excluding hydrogens is 420 g/mol. The molecule has 4 rings (SSSR count). The molecule has 1 aliphatic rings. The summed E-state index contributed by atoms with van der Waals surface area (Å²) in [6.45, 7) is 3.63. The normalized spacial score (nSPS) is 15.9. The van der Waals surface area contributed by atoms with E-state index >= 15 is 0 Å². The fraction of sp³-hybridized carbons (Fsp3) is 0.273. The van der Waals surface area contributed by atoms with Crippen molar-refractivity contribution in [1.29, 1.82) is 0 Å². The van der Waals surface area contributed by atoms with Crippen molar-refractivity contribution in [3.05, 3.63) is 60.0 Å². The minimum Gasteiger partial charge on any atom is -0.486 e. The molecule has 3 aromatic rings. The lowest BCUT2D eigenvalue weighted by molar-refractivity contribution is -0.137. The lowest BCUT2D eigenvalue weighted by atomic mass is 10.1. The smallest absolute Gasteiger partial charge is 0.303 e. The number of anilines is 1. The van der Waals surface area contributed by atoms with Crippen molar-refractivity contribution in [2.24, 2.45) is 0 Å². The molecule has 0 fully saturated rings. The number of aryl methyl sites for hydroxylation is 2. The topological polar surface area (TPSA) is 110 Å². The molecule has 162 valence electrons. The number of hydrogen-bond donors (Lipinski definition) is 1. The Morgan fingerprint density at radius 2 is 2.03 bits per heavy atom. The van der Waals surface area contributed by atoms with Crippen molar-refractivity contribution < 1.29 is 27.5 Å². The molecule has 0 aliphatic carbocycles. The lowest BCUT2D eigenvalue weighted by Gasteiger charge is -2.35. The maximum Gasteiger partial charge on any atom is 0.303 e. The van der Waals surface area contributed by atoms with Gasteiger partial charge in [0.15, 0.2) is 0 Å². The molecule has 0 spiro atoms. The van der Waals surface area contributed by atoms with Gasteiger partial charge in [0.2, 0.25) is 5.89 Å². The fourth-order valence-electron chi connectivity index (χ4n) is 3.50. The van der Waals surface area contributed by atoms with Crippen molar-refractivity contribution in [2.45, 2.75) is 37.7 Å². The monoisotopic (exact) mass is 442 g/mol. The Bertz CT molecular complexity index is 1230. The number of sulfonamides is 1. The summed E-state index contributed by atoms with van der Waals surface area (Å²) in [5, 5.41) is 9.03. The highest BCUT2D eigenvalue weighted by Crippen LogP contribution is 2.40. The molecule has 9 heteroatoms. The molecule has 1 aromatic heterocycles. The van der Waals surface area contributed by atoms with E-state index in [0.717, 1.165) is 5.56 Å². The molecule has 0 unspecified atom stereocenters. The summed E-state index contributed by atoms with van der Waals surface area (Å²) < 4.78 is 39.8. The van der Waals surface area contributed by atoms with Gasteiger partial charge in [0.1, 0.15) is 18.1 Å². The predicted octanol–water partition coefficient (Wildman–Crippen LogP) is 3.78. The van der Waals surface area contributed by atoms with Crippen LogP contribution in [0.15, 0.2) is 58.0 Å². The van der Waals surface area contributed by atoms with Crippen LogP contribution in [0.25, 0.3) is 11.5 Å². The van der Waals surface area contributed by atoms with E-state index < -0.39 is 22.1 Å². The van der Waals surface area contributed by atoms with Gasteiger partial charge >= 0.3 is 5.97 Å². The first-order chi connectivity index (χ1) is 14.7. The number of oxazole rings is 1. The zero-order valence-corrected chi connectivity index (χ0v) is 17.9. The number of fused-ring (bicyclic) bond motifs is 1. The summed E-state index contributed by atoms with van der Waals surface area (Å²) in [7, 11) is -3.91. The Morgan fingerprint density at radius 1 is 1.23 bits per heavy atom. The van der Waals surface area contributed by atoms with Gasteiger partial charge in [-0.15, -0.1) is 0 Å². The third-order valence-electron chi connectivity index (χ3n) is 5.01. The number of carboxylic acids is 1. The predicted molar refractivity (Wildman–Crippen MR) is 114 cm³/mol. The number of hydrogen-bond acceptors (Lipinski definition) is 6. The van der Waals surface area contributed by atoms with Crippen LogP contribution in [0.3, 0.4) is 0 Å². The van der Waals surface area contributed by atoms with Crippen LogP contribution in [-0.2, 0) is 14.8 Å². The second-order valence-electron chi connectivity index (χ2n) is 7.50. The first kappa shape index (κ1) is 20.9. The average Bonchev–Trinajstić information content (AvgIpc) is 3.17. The number of ether oxygens (including phenoxy) is 1. The summed E-state index contributed by atoms with van der Waals surface area (Å²) in [6, 6.07) is 11.7.